The summed E-state index contributed by atoms with van der Waals surface area (Å²) in [5, 5.41) is 11.6. The van der Waals surface area contributed by atoms with Gasteiger partial charge in [-0.3, -0.25) is 0 Å². The molecule has 0 aromatic carbocycles. The van der Waals surface area contributed by atoms with Crippen molar-refractivity contribution in [2.24, 2.45) is 5.92 Å². The average Bonchev–Trinajstić information content (AvgIpc) is 3.03. The van der Waals surface area contributed by atoms with Crippen molar-refractivity contribution in [3.63, 3.8) is 0 Å². The monoisotopic (exact) mass is 252 g/mol. The number of hydrogen-bond acceptors (Lipinski definition) is 3. The van der Waals surface area contributed by atoms with Crippen molar-refractivity contribution in [1.82, 2.24) is 10.2 Å². The second-order valence-corrected chi connectivity index (χ2v) is 4.59. The molecule has 1 aliphatic rings. The number of aliphatic carboxylic acids is 1. The lowest BCUT2D eigenvalue weighted by Crippen LogP contribution is -2.47. The Balaban J connectivity index is 1.88. The summed E-state index contributed by atoms with van der Waals surface area (Å²) in [6, 6.07) is 0.610. The van der Waals surface area contributed by atoms with Crippen molar-refractivity contribution in [3.8, 4) is 0 Å². The standard InChI is InChI=1S/C12H16N2O4/c1-14(6-8-4-5-18-7-8)12(17)13-10(11(15)16)9-2-3-9/h4-5,7,9-10H,2-3,6H2,1H3,(H,13,17)(H,15,16). The number of rotatable bonds is 5. The number of urea groups is 1. The van der Waals surface area contributed by atoms with E-state index in [1.165, 1.54) is 11.2 Å². The van der Waals surface area contributed by atoms with Crippen LogP contribution in [0.5, 0.6) is 0 Å². The first-order chi connectivity index (χ1) is 8.58. The number of nitrogens with one attached hydrogen (secondary N) is 1. The molecule has 1 fully saturated rings. The third-order valence-corrected chi connectivity index (χ3v) is 2.98. The van der Waals surface area contributed by atoms with E-state index in [1.807, 2.05) is 0 Å². The molecule has 1 saturated carbocycles. The van der Waals surface area contributed by atoms with Gasteiger partial charge in [0, 0.05) is 12.6 Å². The highest BCUT2D eigenvalue weighted by Crippen LogP contribution is 2.32. The number of carbonyl (C=O) groups excluding carboxylic acids is 1. The fourth-order valence-corrected chi connectivity index (χ4v) is 1.78. The highest BCUT2D eigenvalue weighted by atomic mass is 16.4. The number of carboxylic acids is 1. The molecule has 0 saturated heterocycles. The molecule has 6 heteroatoms. The number of carbonyl (C=O) groups is 2. The molecule has 1 heterocycles. The maximum atomic E-state index is 11.8. The lowest BCUT2D eigenvalue weighted by molar-refractivity contribution is -0.139. The van der Waals surface area contributed by atoms with Crippen LogP contribution in [0.4, 0.5) is 4.79 Å². The minimum atomic E-state index is -0.970. The van der Waals surface area contributed by atoms with Crippen molar-refractivity contribution in [1.29, 1.82) is 0 Å². The molecule has 0 spiro atoms. The molecule has 18 heavy (non-hydrogen) atoms. The van der Waals surface area contributed by atoms with E-state index < -0.39 is 12.0 Å². The fourth-order valence-electron chi connectivity index (χ4n) is 1.78. The summed E-state index contributed by atoms with van der Waals surface area (Å²) in [5.41, 5.74) is 0.867. The van der Waals surface area contributed by atoms with E-state index in [0.717, 1.165) is 18.4 Å². The van der Waals surface area contributed by atoms with Crippen molar-refractivity contribution in [2.45, 2.75) is 25.4 Å². The number of furan rings is 1. The van der Waals surface area contributed by atoms with Crippen molar-refractivity contribution < 1.29 is 19.1 Å². The number of nitrogens with zero attached hydrogens (tertiary/aromatic N) is 1. The summed E-state index contributed by atoms with van der Waals surface area (Å²) >= 11 is 0. The van der Waals surface area contributed by atoms with Crippen molar-refractivity contribution >= 4 is 12.0 Å². The van der Waals surface area contributed by atoms with E-state index >= 15 is 0 Å². The number of carboxylic acid groups (broad SMARTS) is 1. The van der Waals surface area contributed by atoms with Crippen LogP contribution < -0.4 is 5.32 Å². The molecule has 1 unspecified atom stereocenters. The van der Waals surface area contributed by atoms with Gasteiger partial charge in [0.2, 0.25) is 0 Å². The van der Waals surface area contributed by atoms with Gasteiger partial charge in [-0.15, -0.1) is 0 Å². The zero-order chi connectivity index (χ0) is 13.1. The summed E-state index contributed by atoms with van der Waals surface area (Å²) < 4.78 is 4.91. The van der Waals surface area contributed by atoms with Gasteiger partial charge in [-0.2, -0.15) is 0 Å². The van der Waals surface area contributed by atoms with E-state index in [9.17, 15) is 9.59 Å². The highest BCUT2D eigenvalue weighted by molar-refractivity contribution is 5.83. The summed E-state index contributed by atoms with van der Waals surface area (Å²) in [6.45, 7) is 0.388. The van der Waals surface area contributed by atoms with Gasteiger partial charge in [-0.1, -0.05) is 0 Å². The molecule has 0 radical (unpaired) electrons. The molecule has 2 N–H and O–H groups in total. The highest BCUT2D eigenvalue weighted by Gasteiger charge is 2.37. The maximum Gasteiger partial charge on any atom is 0.326 e. The average molecular weight is 252 g/mol. The first-order valence-corrected chi connectivity index (χ1v) is 5.83. The van der Waals surface area contributed by atoms with Crippen LogP contribution in [0.3, 0.4) is 0 Å². The van der Waals surface area contributed by atoms with Crippen LogP contribution in [0.2, 0.25) is 0 Å². The molecule has 1 aliphatic carbocycles. The second kappa shape index (κ2) is 5.12. The zero-order valence-electron chi connectivity index (χ0n) is 10.1. The summed E-state index contributed by atoms with van der Waals surface area (Å²) in [5.74, 6) is -0.892. The van der Waals surface area contributed by atoms with Gasteiger partial charge in [-0.25, -0.2) is 9.59 Å². The molecule has 2 rings (SSSR count). The predicted molar refractivity (Wildman–Crippen MR) is 62.9 cm³/mol. The minimum absolute atomic E-state index is 0.0776. The van der Waals surface area contributed by atoms with Crippen molar-refractivity contribution in [2.75, 3.05) is 7.05 Å². The summed E-state index contributed by atoms with van der Waals surface area (Å²) in [7, 11) is 1.62. The lowest BCUT2D eigenvalue weighted by Gasteiger charge is -2.20. The van der Waals surface area contributed by atoms with Crippen LogP contribution in [-0.2, 0) is 11.3 Å². The Kier molecular flexibility index (Phi) is 3.55. The Morgan fingerprint density at radius 1 is 1.61 bits per heavy atom. The topological polar surface area (TPSA) is 82.8 Å². The normalized spacial score (nSPS) is 16.1. The Hall–Kier alpha value is -1.98. The Morgan fingerprint density at radius 2 is 2.33 bits per heavy atom. The third kappa shape index (κ3) is 3.03. The molecule has 0 aliphatic heterocycles. The van der Waals surface area contributed by atoms with Crippen LogP contribution in [0.15, 0.2) is 23.0 Å². The Labute approximate surface area is 105 Å². The minimum Gasteiger partial charge on any atom is -0.480 e. The summed E-state index contributed by atoms with van der Waals surface area (Å²) in [4.78, 5) is 24.3. The lowest BCUT2D eigenvalue weighted by atomic mass is 10.2. The van der Waals surface area contributed by atoms with Gasteiger partial charge in [-0.05, 0) is 24.8 Å². The molecular weight excluding hydrogens is 236 g/mol. The molecule has 98 valence electrons. The second-order valence-electron chi connectivity index (χ2n) is 4.59. The van der Waals surface area contributed by atoms with E-state index in [2.05, 4.69) is 5.32 Å². The van der Waals surface area contributed by atoms with E-state index in [0.29, 0.717) is 6.54 Å². The van der Waals surface area contributed by atoms with E-state index in [-0.39, 0.29) is 11.9 Å². The SMILES string of the molecule is CN(Cc1ccoc1)C(=O)NC(C(=O)O)C1CC1. The van der Waals surface area contributed by atoms with Gasteiger partial charge in [0.05, 0.1) is 19.1 Å². The zero-order valence-corrected chi connectivity index (χ0v) is 10.1. The van der Waals surface area contributed by atoms with Crippen LogP contribution >= 0.6 is 0 Å². The molecule has 0 bridgehead atoms. The van der Waals surface area contributed by atoms with Gasteiger partial charge >= 0.3 is 12.0 Å². The smallest absolute Gasteiger partial charge is 0.326 e. The molecule has 6 nitrogen and oxygen atoms in total. The molecular formula is C12H16N2O4. The van der Waals surface area contributed by atoms with Gasteiger partial charge in [0.25, 0.3) is 0 Å². The fraction of sp³-hybridized carbons (Fsp3) is 0.500. The van der Waals surface area contributed by atoms with Crippen LogP contribution in [0.1, 0.15) is 18.4 Å². The number of hydrogen-bond donors (Lipinski definition) is 2. The van der Waals surface area contributed by atoms with Crippen LogP contribution in [0, 0.1) is 5.92 Å². The first-order valence-electron chi connectivity index (χ1n) is 5.83. The third-order valence-electron chi connectivity index (χ3n) is 2.98. The van der Waals surface area contributed by atoms with Crippen LogP contribution in [-0.4, -0.2) is 35.1 Å². The summed E-state index contributed by atoms with van der Waals surface area (Å²) in [6.07, 6.45) is 4.82. The molecule has 1 atom stereocenters. The molecule has 1 aromatic heterocycles. The van der Waals surface area contributed by atoms with Gasteiger partial charge in [0.15, 0.2) is 0 Å². The van der Waals surface area contributed by atoms with Gasteiger partial charge < -0.3 is 19.7 Å². The molecule has 1 aromatic rings. The quantitative estimate of drug-likeness (QED) is 0.827. The number of amides is 2. The largest absolute Gasteiger partial charge is 0.480 e. The van der Waals surface area contributed by atoms with E-state index in [4.69, 9.17) is 9.52 Å². The molecule has 2 amide bonds. The van der Waals surface area contributed by atoms with E-state index in [1.54, 1.807) is 19.4 Å². The predicted octanol–water partition coefficient (Wildman–Crippen LogP) is 1.28. The van der Waals surface area contributed by atoms with Crippen molar-refractivity contribution in [3.05, 3.63) is 24.2 Å². The van der Waals surface area contributed by atoms with Gasteiger partial charge in [0.1, 0.15) is 6.04 Å². The maximum absolute atomic E-state index is 11.8. The Morgan fingerprint density at radius 3 is 2.83 bits per heavy atom. The Bertz CT molecular complexity index is 425. The van der Waals surface area contributed by atoms with Crippen LogP contribution in [0.25, 0.3) is 0 Å². The first kappa shape index (κ1) is 12.5.